The number of hydrogen-bond acceptors (Lipinski definition) is 5. The topological polar surface area (TPSA) is 83.3 Å². The number of aromatic nitrogens is 1. The highest BCUT2D eigenvalue weighted by molar-refractivity contribution is 6.33. The number of pyridine rings is 1. The number of piperazine rings is 1. The number of benzene rings is 1. The highest BCUT2D eigenvalue weighted by atomic mass is 35.5. The van der Waals surface area contributed by atoms with Crippen LogP contribution in [-0.2, 0) is 6.54 Å². The number of nitrogens with two attached hydrogens (primary N) is 1. The lowest BCUT2D eigenvalue weighted by molar-refractivity contribution is 0.1000. The third kappa shape index (κ3) is 4.18. The van der Waals surface area contributed by atoms with Crippen molar-refractivity contribution in [2.75, 3.05) is 36.4 Å². The van der Waals surface area contributed by atoms with Gasteiger partial charge < -0.3 is 21.3 Å². The van der Waals surface area contributed by atoms with Gasteiger partial charge in [-0.1, -0.05) is 17.7 Å². The standard InChI is InChI=1S/C17H19ClFN5O/c18-13-8-12(16(20)25)10-23-17(13)22-9-11-1-2-15(14(19)7-11)24-5-3-21-4-6-24/h1-2,7-8,10,21H,3-6,9H2,(H2,20,25)(H,22,23). The number of primary amides is 1. The zero-order chi connectivity index (χ0) is 17.8. The largest absolute Gasteiger partial charge is 0.367 e. The van der Waals surface area contributed by atoms with Crippen LogP contribution in [0.2, 0.25) is 5.02 Å². The number of hydrogen-bond donors (Lipinski definition) is 3. The number of amides is 1. The Kier molecular flexibility index (Phi) is 5.35. The quantitative estimate of drug-likeness (QED) is 0.756. The van der Waals surface area contributed by atoms with E-state index in [1.54, 1.807) is 6.07 Å². The average molecular weight is 364 g/mol. The minimum atomic E-state index is -0.591. The molecule has 1 aliphatic heterocycles. The predicted molar refractivity (Wildman–Crippen MR) is 96.6 cm³/mol. The third-order valence-electron chi connectivity index (χ3n) is 4.06. The third-order valence-corrected chi connectivity index (χ3v) is 4.34. The molecule has 0 unspecified atom stereocenters. The minimum absolute atomic E-state index is 0.238. The molecule has 4 N–H and O–H groups in total. The fourth-order valence-electron chi connectivity index (χ4n) is 2.71. The molecule has 8 heteroatoms. The molecule has 0 bridgehead atoms. The SMILES string of the molecule is NC(=O)c1cnc(NCc2ccc(N3CCNCC3)c(F)c2)c(Cl)c1. The van der Waals surface area contributed by atoms with E-state index < -0.39 is 5.91 Å². The highest BCUT2D eigenvalue weighted by Crippen LogP contribution is 2.23. The molecular formula is C17H19ClFN5O. The molecule has 25 heavy (non-hydrogen) atoms. The summed E-state index contributed by atoms with van der Waals surface area (Å²) in [4.78, 5) is 17.2. The molecule has 0 radical (unpaired) electrons. The maximum atomic E-state index is 14.4. The van der Waals surface area contributed by atoms with Crippen molar-refractivity contribution in [3.05, 3.63) is 52.4 Å². The monoisotopic (exact) mass is 363 g/mol. The zero-order valence-corrected chi connectivity index (χ0v) is 14.3. The van der Waals surface area contributed by atoms with Crippen LogP contribution in [0.4, 0.5) is 15.9 Å². The van der Waals surface area contributed by atoms with E-state index in [2.05, 4.69) is 15.6 Å². The summed E-state index contributed by atoms with van der Waals surface area (Å²) in [5, 5.41) is 6.57. The summed E-state index contributed by atoms with van der Waals surface area (Å²) in [5.74, 6) is -0.422. The van der Waals surface area contributed by atoms with Gasteiger partial charge >= 0.3 is 0 Å². The van der Waals surface area contributed by atoms with Gasteiger partial charge in [0.1, 0.15) is 11.6 Å². The maximum absolute atomic E-state index is 14.4. The molecule has 0 atom stereocenters. The molecular weight excluding hydrogens is 345 g/mol. The lowest BCUT2D eigenvalue weighted by Crippen LogP contribution is -2.43. The Morgan fingerprint density at radius 2 is 2.12 bits per heavy atom. The number of nitrogens with one attached hydrogen (secondary N) is 2. The van der Waals surface area contributed by atoms with Crippen molar-refractivity contribution in [2.45, 2.75) is 6.54 Å². The van der Waals surface area contributed by atoms with E-state index in [1.165, 1.54) is 18.3 Å². The summed E-state index contributed by atoms with van der Waals surface area (Å²) in [5.41, 5.74) is 6.81. The number of carbonyl (C=O) groups excluding carboxylic acids is 1. The molecule has 3 rings (SSSR count). The summed E-state index contributed by atoms with van der Waals surface area (Å²) in [6.45, 7) is 3.66. The Morgan fingerprint density at radius 1 is 1.36 bits per heavy atom. The van der Waals surface area contributed by atoms with Crippen LogP contribution in [0, 0.1) is 5.82 Å². The molecule has 6 nitrogen and oxygen atoms in total. The van der Waals surface area contributed by atoms with Crippen LogP contribution < -0.4 is 21.3 Å². The van der Waals surface area contributed by atoms with Crippen molar-refractivity contribution in [2.24, 2.45) is 5.73 Å². The van der Waals surface area contributed by atoms with E-state index in [4.69, 9.17) is 17.3 Å². The molecule has 1 aromatic heterocycles. The maximum Gasteiger partial charge on any atom is 0.250 e. The summed E-state index contributed by atoms with van der Waals surface area (Å²) < 4.78 is 14.4. The van der Waals surface area contributed by atoms with E-state index in [1.807, 2.05) is 11.0 Å². The van der Waals surface area contributed by atoms with Crippen LogP contribution in [-0.4, -0.2) is 37.1 Å². The zero-order valence-electron chi connectivity index (χ0n) is 13.6. The van der Waals surface area contributed by atoms with Crippen LogP contribution >= 0.6 is 11.6 Å². The Hall–Kier alpha value is -2.38. The van der Waals surface area contributed by atoms with Gasteiger partial charge in [-0.3, -0.25) is 4.79 Å². The summed E-state index contributed by atoms with van der Waals surface area (Å²) >= 11 is 6.08. The summed E-state index contributed by atoms with van der Waals surface area (Å²) in [7, 11) is 0. The molecule has 1 aliphatic rings. The Labute approximate surface area is 150 Å². The molecule has 132 valence electrons. The molecule has 2 heterocycles. The van der Waals surface area contributed by atoms with Crippen molar-refractivity contribution in [1.82, 2.24) is 10.3 Å². The fraction of sp³-hybridized carbons (Fsp3) is 0.294. The first-order valence-corrected chi connectivity index (χ1v) is 8.35. The number of carbonyl (C=O) groups is 1. The second-order valence-corrected chi connectivity index (χ2v) is 6.20. The van der Waals surface area contributed by atoms with Crippen LogP contribution in [0.25, 0.3) is 0 Å². The molecule has 0 spiro atoms. The molecule has 0 aliphatic carbocycles. The first-order chi connectivity index (χ1) is 12.0. The fourth-order valence-corrected chi connectivity index (χ4v) is 2.94. The Balaban J connectivity index is 1.67. The van der Waals surface area contributed by atoms with Gasteiger partial charge in [-0.15, -0.1) is 0 Å². The number of halogens is 2. The highest BCUT2D eigenvalue weighted by Gasteiger charge is 2.15. The van der Waals surface area contributed by atoms with Crippen molar-refractivity contribution in [3.63, 3.8) is 0 Å². The van der Waals surface area contributed by atoms with Gasteiger partial charge in [0.2, 0.25) is 5.91 Å². The molecule has 1 fully saturated rings. The van der Waals surface area contributed by atoms with Gasteiger partial charge in [0, 0.05) is 38.9 Å². The minimum Gasteiger partial charge on any atom is -0.367 e. The van der Waals surface area contributed by atoms with Gasteiger partial charge in [-0.25, -0.2) is 9.37 Å². The predicted octanol–water partition coefficient (Wildman–Crippen LogP) is 1.99. The molecule has 2 aromatic rings. The van der Waals surface area contributed by atoms with Crippen molar-refractivity contribution < 1.29 is 9.18 Å². The lowest BCUT2D eigenvalue weighted by atomic mass is 10.1. The summed E-state index contributed by atoms with van der Waals surface area (Å²) in [6.07, 6.45) is 1.35. The number of anilines is 2. The van der Waals surface area contributed by atoms with Crippen LogP contribution in [0.3, 0.4) is 0 Å². The van der Waals surface area contributed by atoms with Crippen LogP contribution in [0.5, 0.6) is 0 Å². The smallest absolute Gasteiger partial charge is 0.250 e. The van der Waals surface area contributed by atoms with Crippen LogP contribution in [0.15, 0.2) is 30.5 Å². The van der Waals surface area contributed by atoms with E-state index in [9.17, 15) is 9.18 Å². The Morgan fingerprint density at radius 3 is 2.76 bits per heavy atom. The van der Waals surface area contributed by atoms with E-state index in [-0.39, 0.29) is 16.4 Å². The molecule has 1 amide bonds. The first kappa shape index (κ1) is 17.4. The van der Waals surface area contributed by atoms with Gasteiger partial charge in [-0.05, 0) is 23.8 Å². The lowest BCUT2D eigenvalue weighted by Gasteiger charge is -2.29. The Bertz CT molecular complexity index is 780. The van der Waals surface area contributed by atoms with Gasteiger partial charge in [-0.2, -0.15) is 0 Å². The molecule has 1 saturated heterocycles. The van der Waals surface area contributed by atoms with E-state index in [0.29, 0.717) is 18.1 Å². The van der Waals surface area contributed by atoms with Gasteiger partial charge in [0.05, 0.1) is 16.3 Å². The van der Waals surface area contributed by atoms with Gasteiger partial charge in [0.25, 0.3) is 0 Å². The van der Waals surface area contributed by atoms with E-state index >= 15 is 0 Å². The normalized spacial score (nSPS) is 14.4. The number of rotatable bonds is 5. The first-order valence-electron chi connectivity index (χ1n) is 7.98. The van der Waals surface area contributed by atoms with Crippen molar-refractivity contribution in [1.29, 1.82) is 0 Å². The second-order valence-electron chi connectivity index (χ2n) is 5.80. The summed E-state index contributed by atoms with van der Waals surface area (Å²) in [6, 6.07) is 6.63. The number of nitrogens with zero attached hydrogens (tertiary/aromatic N) is 2. The molecule has 0 saturated carbocycles. The molecule has 1 aromatic carbocycles. The van der Waals surface area contributed by atoms with E-state index in [0.717, 1.165) is 31.7 Å². The van der Waals surface area contributed by atoms with Crippen molar-refractivity contribution >= 4 is 29.0 Å². The average Bonchev–Trinajstić information content (AvgIpc) is 2.61. The van der Waals surface area contributed by atoms with Gasteiger partial charge in [0.15, 0.2) is 0 Å². The van der Waals surface area contributed by atoms with Crippen molar-refractivity contribution in [3.8, 4) is 0 Å². The van der Waals surface area contributed by atoms with Crippen LogP contribution in [0.1, 0.15) is 15.9 Å². The second kappa shape index (κ2) is 7.67.